The second kappa shape index (κ2) is 9.30. The van der Waals surface area contributed by atoms with E-state index in [1.807, 2.05) is 11.4 Å². The van der Waals surface area contributed by atoms with E-state index in [1.165, 1.54) is 22.7 Å². The van der Waals surface area contributed by atoms with E-state index in [-0.39, 0.29) is 16.6 Å². The van der Waals surface area contributed by atoms with Crippen LogP contribution in [0.3, 0.4) is 0 Å². The topological polar surface area (TPSA) is 126 Å². The van der Waals surface area contributed by atoms with Gasteiger partial charge in [-0.3, -0.25) is 4.79 Å². The van der Waals surface area contributed by atoms with Crippen molar-refractivity contribution in [1.29, 1.82) is 0 Å². The Bertz CT molecular complexity index is 1470. The number of aliphatic hydroxyl groups is 1. The number of anilines is 1. The van der Waals surface area contributed by atoms with Crippen molar-refractivity contribution in [3.63, 3.8) is 0 Å². The third-order valence-corrected chi connectivity index (χ3v) is 9.51. The number of hydrogen-bond acceptors (Lipinski definition) is 9. The Kier molecular flexibility index (Phi) is 6.34. The molecule has 1 aliphatic heterocycles. The summed E-state index contributed by atoms with van der Waals surface area (Å²) < 4.78 is 26.9. The van der Waals surface area contributed by atoms with Crippen molar-refractivity contribution in [2.75, 3.05) is 18.8 Å². The van der Waals surface area contributed by atoms with Crippen molar-refractivity contribution >= 4 is 53.8 Å². The first kappa shape index (κ1) is 23.9. The molecule has 0 bridgehead atoms. The first-order valence-electron chi connectivity index (χ1n) is 11.1. The fourth-order valence-corrected chi connectivity index (χ4v) is 7.24. The summed E-state index contributed by atoms with van der Waals surface area (Å²) in [6.07, 6.45) is 1.32. The Hall–Kier alpha value is -2.86. The maximum absolute atomic E-state index is 13.0. The van der Waals surface area contributed by atoms with Crippen LogP contribution >= 0.6 is 22.7 Å². The third kappa shape index (κ3) is 5.08. The molecule has 4 aromatic rings. The number of nitrogen functional groups attached to an aromatic ring is 1. The highest BCUT2D eigenvalue weighted by molar-refractivity contribution is 7.90. The number of thiazole rings is 2. The molecular formula is C24H24N4O4S3. The SMILES string of the molecule is Nc1nc(CC2(O)CCN(C(=O)c3ccc(CS(=O)(=O)c4cccc5scnc45)cc3)CC2)cs1. The lowest BCUT2D eigenvalue weighted by molar-refractivity contribution is -0.0167. The van der Waals surface area contributed by atoms with Gasteiger partial charge < -0.3 is 15.7 Å². The van der Waals surface area contributed by atoms with E-state index in [9.17, 15) is 18.3 Å². The maximum Gasteiger partial charge on any atom is 0.253 e. The molecule has 1 aliphatic rings. The number of likely N-dealkylation sites (tertiary alicyclic amines) is 1. The van der Waals surface area contributed by atoms with Gasteiger partial charge in [0.15, 0.2) is 15.0 Å². The molecule has 0 atom stereocenters. The highest BCUT2D eigenvalue weighted by atomic mass is 32.2. The van der Waals surface area contributed by atoms with Gasteiger partial charge in [-0.2, -0.15) is 0 Å². The molecule has 35 heavy (non-hydrogen) atoms. The lowest BCUT2D eigenvalue weighted by Crippen LogP contribution is -2.47. The summed E-state index contributed by atoms with van der Waals surface area (Å²) in [5.74, 6) is -0.303. The van der Waals surface area contributed by atoms with Crippen molar-refractivity contribution in [2.24, 2.45) is 0 Å². The minimum Gasteiger partial charge on any atom is -0.389 e. The molecular weight excluding hydrogens is 504 g/mol. The molecule has 0 saturated carbocycles. The quantitative estimate of drug-likeness (QED) is 0.392. The second-order valence-corrected chi connectivity index (χ2v) is 12.5. The highest BCUT2D eigenvalue weighted by Crippen LogP contribution is 2.29. The number of para-hydroxylation sites is 1. The normalized spacial score (nSPS) is 16.0. The molecule has 1 fully saturated rings. The molecule has 0 aliphatic carbocycles. The van der Waals surface area contributed by atoms with Crippen LogP contribution in [0, 0.1) is 0 Å². The van der Waals surface area contributed by atoms with Gasteiger partial charge >= 0.3 is 0 Å². The van der Waals surface area contributed by atoms with E-state index in [0.717, 1.165) is 10.4 Å². The van der Waals surface area contributed by atoms with Crippen LogP contribution in [0.2, 0.25) is 0 Å². The standard InChI is InChI=1S/C24H24N4O4S3/c25-23-27-18(13-33-23)12-24(30)8-10-28(11-9-24)22(29)17-6-4-16(5-7-17)14-35(31,32)20-3-1-2-19-21(20)26-15-34-19/h1-7,13,15,30H,8-12,14H2,(H2,25,27). The van der Waals surface area contributed by atoms with E-state index < -0.39 is 15.4 Å². The number of hydrogen-bond donors (Lipinski definition) is 2. The number of sulfone groups is 1. The van der Waals surface area contributed by atoms with Crippen LogP contribution in [0.1, 0.15) is 34.5 Å². The lowest BCUT2D eigenvalue weighted by Gasteiger charge is -2.38. The van der Waals surface area contributed by atoms with Crippen LogP contribution in [0.4, 0.5) is 5.13 Å². The van der Waals surface area contributed by atoms with Gasteiger partial charge in [-0.25, -0.2) is 18.4 Å². The van der Waals surface area contributed by atoms with E-state index >= 15 is 0 Å². The van der Waals surface area contributed by atoms with Crippen molar-refractivity contribution in [3.8, 4) is 0 Å². The Morgan fingerprint density at radius 3 is 2.54 bits per heavy atom. The van der Waals surface area contributed by atoms with Gasteiger partial charge in [0.2, 0.25) is 0 Å². The Morgan fingerprint density at radius 2 is 1.86 bits per heavy atom. The number of aromatic nitrogens is 2. The molecule has 0 radical (unpaired) electrons. The van der Waals surface area contributed by atoms with E-state index in [4.69, 9.17) is 5.73 Å². The highest BCUT2D eigenvalue weighted by Gasteiger charge is 2.35. The molecule has 0 unspecified atom stereocenters. The number of piperidine rings is 1. The fraction of sp³-hybridized carbons (Fsp3) is 0.292. The Balaban J connectivity index is 1.23. The van der Waals surface area contributed by atoms with Crippen molar-refractivity contribution < 1.29 is 18.3 Å². The van der Waals surface area contributed by atoms with Crippen LogP contribution < -0.4 is 5.73 Å². The van der Waals surface area contributed by atoms with Gasteiger partial charge in [-0.1, -0.05) is 18.2 Å². The van der Waals surface area contributed by atoms with Gasteiger partial charge in [-0.05, 0) is 42.7 Å². The molecule has 2 aromatic heterocycles. The van der Waals surface area contributed by atoms with Gasteiger partial charge in [0, 0.05) is 30.5 Å². The third-order valence-electron chi connectivity index (χ3n) is 6.28. The van der Waals surface area contributed by atoms with Gasteiger partial charge in [0.1, 0.15) is 0 Å². The van der Waals surface area contributed by atoms with Crippen molar-refractivity contribution in [3.05, 3.63) is 70.2 Å². The number of rotatable bonds is 6. The number of nitrogens with zero attached hydrogens (tertiary/aromatic N) is 3. The number of nitrogens with two attached hydrogens (primary N) is 1. The molecule has 182 valence electrons. The molecule has 3 N–H and O–H groups in total. The number of amides is 1. The average molecular weight is 529 g/mol. The first-order chi connectivity index (χ1) is 16.7. The maximum atomic E-state index is 13.0. The summed E-state index contributed by atoms with van der Waals surface area (Å²) in [5.41, 5.74) is 8.77. The molecule has 5 rings (SSSR count). The van der Waals surface area contributed by atoms with Crippen molar-refractivity contribution in [2.45, 2.75) is 35.5 Å². The molecule has 8 nitrogen and oxygen atoms in total. The minimum atomic E-state index is -3.59. The summed E-state index contributed by atoms with van der Waals surface area (Å²) >= 11 is 2.75. The summed E-state index contributed by atoms with van der Waals surface area (Å²) in [4.78, 5) is 23.4. The summed E-state index contributed by atoms with van der Waals surface area (Å²) in [6.45, 7) is 0.867. The van der Waals surface area contributed by atoms with E-state index in [2.05, 4.69) is 9.97 Å². The summed E-state index contributed by atoms with van der Waals surface area (Å²) in [7, 11) is -3.59. The number of fused-ring (bicyclic) bond motifs is 1. The minimum absolute atomic E-state index is 0.133. The van der Waals surface area contributed by atoms with E-state index in [0.29, 0.717) is 54.1 Å². The second-order valence-electron chi connectivity index (χ2n) is 8.78. The smallest absolute Gasteiger partial charge is 0.253 e. The Labute approximate surface area is 211 Å². The monoisotopic (exact) mass is 528 g/mol. The van der Waals surface area contributed by atoms with Crippen LogP contribution in [0.5, 0.6) is 0 Å². The summed E-state index contributed by atoms with van der Waals surface area (Å²) in [5, 5.41) is 13.3. The number of carbonyl (C=O) groups excluding carboxylic acids is 1. The zero-order valence-corrected chi connectivity index (χ0v) is 21.2. The molecule has 1 saturated heterocycles. The number of benzene rings is 2. The van der Waals surface area contributed by atoms with Gasteiger partial charge in [0.25, 0.3) is 5.91 Å². The zero-order valence-electron chi connectivity index (χ0n) is 18.8. The van der Waals surface area contributed by atoms with Gasteiger partial charge in [-0.15, -0.1) is 22.7 Å². The molecule has 3 heterocycles. The largest absolute Gasteiger partial charge is 0.389 e. The first-order valence-corrected chi connectivity index (χ1v) is 14.5. The summed E-state index contributed by atoms with van der Waals surface area (Å²) in [6, 6.07) is 11.8. The van der Waals surface area contributed by atoms with E-state index in [1.54, 1.807) is 46.8 Å². The molecule has 1 amide bonds. The fourth-order valence-electron chi connectivity index (χ4n) is 4.38. The average Bonchev–Trinajstić information content (AvgIpc) is 3.47. The molecule has 11 heteroatoms. The molecule has 2 aromatic carbocycles. The lowest BCUT2D eigenvalue weighted by atomic mass is 9.87. The van der Waals surface area contributed by atoms with Gasteiger partial charge in [0.05, 0.1) is 37.7 Å². The zero-order chi connectivity index (χ0) is 24.6. The predicted molar refractivity (Wildman–Crippen MR) is 137 cm³/mol. The van der Waals surface area contributed by atoms with Crippen LogP contribution in [0.15, 0.2) is 58.3 Å². The number of carbonyl (C=O) groups is 1. The Morgan fingerprint density at radius 1 is 1.11 bits per heavy atom. The van der Waals surface area contributed by atoms with Crippen LogP contribution in [0.25, 0.3) is 10.2 Å². The predicted octanol–water partition coefficient (Wildman–Crippen LogP) is 3.52. The van der Waals surface area contributed by atoms with Crippen LogP contribution in [-0.4, -0.2) is 53.0 Å². The molecule has 0 spiro atoms. The van der Waals surface area contributed by atoms with Crippen molar-refractivity contribution in [1.82, 2.24) is 14.9 Å². The van der Waals surface area contributed by atoms with Crippen LogP contribution in [-0.2, 0) is 22.0 Å².